The summed E-state index contributed by atoms with van der Waals surface area (Å²) >= 11 is 3.41. The van der Waals surface area contributed by atoms with Gasteiger partial charge in [0.25, 0.3) is 0 Å². The number of hydrogen-bond donors (Lipinski definition) is 2. The van der Waals surface area contributed by atoms with Crippen LogP contribution in [0.5, 0.6) is 0 Å². The molecule has 0 aliphatic heterocycles. The van der Waals surface area contributed by atoms with Crippen molar-refractivity contribution in [3.8, 4) is 0 Å². The van der Waals surface area contributed by atoms with Crippen LogP contribution in [0.25, 0.3) is 0 Å². The van der Waals surface area contributed by atoms with Gasteiger partial charge in [0.1, 0.15) is 0 Å². The topological polar surface area (TPSA) is 24.1 Å². The van der Waals surface area contributed by atoms with Crippen molar-refractivity contribution in [3.05, 3.63) is 0 Å². The largest absolute Gasteiger partial charge is 0.319 e. The highest BCUT2D eigenvalue weighted by molar-refractivity contribution is 9.09. The van der Waals surface area contributed by atoms with Crippen molar-refractivity contribution in [1.82, 2.24) is 10.6 Å². The summed E-state index contributed by atoms with van der Waals surface area (Å²) in [6, 6.07) is 0. The van der Waals surface area contributed by atoms with Gasteiger partial charge in [-0.2, -0.15) is 0 Å². The Balaban J connectivity index is 2.97. The van der Waals surface area contributed by atoms with Crippen molar-refractivity contribution in [2.75, 3.05) is 32.0 Å². The maximum absolute atomic E-state index is 3.42. The quantitative estimate of drug-likeness (QED) is 0.495. The maximum Gasteiger partial charge on any atom is 0.00433 e. The van der Waals surface area contributed by atoms with Crippen molar-refractivity contribution in [2.45, 2.75) is 19.8 Å². The SMILES string of the molecule is CNCC(C)CCNCCCBr. The molecule has 74 valence electrons. The van der Waals surface area contributed by atoms with Gasteiger partial charge < -0.3 is 10.6 Å². The second kappa shape index (κ2) is 9.49. The molecule has 0 bridgehead atoms. The van der Waals surface area contributed by atoms with E-state index >= 15 is 0 Å². The Morgan fingerprint density at radius 1 is 1.33 bits per heavy atom. The van der Waals surface area contributed by atoms with Crippen LogP contribution in [0.1, 0.15) is 19.8 Å². The van der Waals surface area contributed by atoms with Gasteiger partial charge >= 0.3 is 0 Å². The van der Waals surface area contributed by atoms with Crippen molar-refractivity contribution >= 4 is 15.9 Å². The van der Waals surface area contributed by atoms with E-state index in [0.717, 1.165) is 30.9 Å². The lowest BCUT2D eigenvalue weighted by atomic mass is 10.1. The van der Waals surface area contributed by atoms with Gasteiger partial charge in [-0.3, -0.25) is 0 Å². The molecule has 0 aliphatic rings. The Morgan fingerprint density at radius 2 is 2.08 bits per heavy atom. The van der Waals surface area contributed by atoms with E-state index in [0.29, 0.717) is 0 Å². The fourth-order valence-corrected chi connectivity index (χ4v) is 1.40. The zero-order valence-electron chi connectivity index (χ0n) is 8.20. The summed E-state index contributed by atoms with van der Waals surface area (Å²) in [6.45, 7) is 5.69. The van der Waals surface area contributed by atoms with Crippen molar-refractivity contribution in [3.63, 3.8) is 0 Å². The minimum atomic E-state index is 0.784. The maximum atomic E-state index is 3.42. The Kier molecular flexibility index (Phi) is 9.80. The zero-order chi connectivity index (χ0) is 9.23. The molecule has 0 aliphatic carbocycles. The van der Waals surface area contributed by atoms with Gasteiger partial charge in [-0.15, -0.1) is 0 Å². The zero-order valence-corrected chi connectivity index (χ0v) is 9.78. The highest BCUT2D eigenvalue weighted by Gasteiger charge is 1.98. The first kappa shape index (κ1) is 12.4. The number of rotatable bonds is 8. The van der Waals surface area contributed by atoms with Gasteiger partial charge in [0.15, 0.2) is 0 Å². The van der Waals surface area contributed by atoms with Crippen LogP contribution in [0.3, 0.4) is 0 Å². The fraction of sp³-hybridized carbons (Fsp3) is 1.00. The predicted molar refractivity (Wildman–Crippen MR) is 59.0 cm³/mol. The molecule has 0 aromatic carbocycles. The molecule has 1 unspecified atom stereocenters. The Hall–Kier alpha value is 0.400. The van der Waals surface area contributed by atoms with E-state index in [4.69, 9.17) is 0 Å². The van der Waals surface area contributed by atoms with Crippen molar-refractivity contribution in [1.29, 1.82) is 0 Å². The Bertz CT molecular complexity index is 88.6. The molecule has 2 nitrogen and oxygen atoms in total. The Labute approximate surface area is 84.6 Å². The van der Waals surface area contributed by atoms with Crippen LogP contribution >= 0.6 is 15.9 Å². The van der Waals surface area contributed by atoms with E-state index in [1.165, 1.54) is 12.8 Å². The van der Waals surface area contributed by atoms with E-state index in [1.807, 2.05) is 7.05 Å². The van der Waals surface area contributed by atoms with Crippen LogP contribution in [0, 0.1) is 5.92 Å². The lowest BCUT2D eigenvalue weighted by Gasteiger charge is -2.10. The van der Waals surface area contributed by atoms with Gasteiger partial charge in [-0.05, 0) is 45.4 Å². The number of hydrogen-bond acceptors (Lipinski definition) is 2. The molecule has 0 fully saturated rings. The normalized spacial score (nSPS) is 13.2. The van der Waals surface area contributed by atoms with Crippen LogP contribution in [0.4, 0.5) is 0 Å². The summed E-state index contributed by atoms with van der Waals surface area (Å²) in [4.78, 5) is 0. The van der Waals surface area contributed by atoms with E-state index in [1.54, 1.807) is 0 Å². The third-order valence-electron chi connectivity index (χ3n) is 1.85. The van der Waals surface area contributed by atoms with Gasteiger partial charge in [0.05, 0.1) is 0 Å². The summed E-state index contributed by atoms with van der Waals surface area (Å²) < 4.78 is 0. The summed E-state index contributed by atoms with van der Waals surface area (Å²) in [6.07, 6.45) is 2.49. The summed E-state index contributed by atoms with van der Waals surface area (Å²) in [5.41, 5.74) is 0. The smallest absolute Gasteiger partial charge is 0.00433 e. The third kappa shape index (κ3) is 8.50. The summed E-state index contributed by atoms with van der Waals surface area (Å²) in [5.74, 6) is 0.784. The van der Waals surface area contributed by atoms with E-state index in [-0.39, 0.29) is 0 Å². The van der Waals surface area contributed by atoms with Crippen LogP contribution in [-0.4, -0.2) is 32.0 Å². The molecule has 0 rings (SSSR count). The van der Waals surface area contributed by atoms with E-state index in [9.17, 15) is 0 Å². The number of nitrogens with one attached hydrogen (secondary N) is 2. The molecule has 12 heavy (non-hydrogen) atoms. The van der Waals surface area contributed by atoms with Gasteiger partial charge in [0.2, 0.25) is 0 Å². The molecule has 0 saturated heterocycles. The van der Waals surface area contributed by atoms with Crippen molar-refractivity contribution in [2.24, 2.45) is 5.92 Å². The first-order valence-corrected chi connectivity index (χ1v) is 5.84. The second-order valence-corrected chi connectivity index (χ2v) is 4.04. The van der Waals surface area contributed by atoms with E-state index in [2.05, 4.69) is 33.5 Å². The van der Waals surface area contributed by atoms with Crippen LogP contribution in [0.2, 0.25) is 0 Å². The van der Waals surface area contributed by atoms with Gasteiger partial charge in [0, 0.05) is 5.33 Å². The van der Waals surface area contributed by atoms with E-state index < -0.39 is 0 Å². The lowest BCUT2D eigenvalue weighted by molar-refractivity contribution is 0.481. The molecule has 0 spiro atoms. The van der Waals surface area contributed by atoms with Crippen LogP contribution in [-0.2, 0) is 0 Å². The molecule has 0 aromatic heterocycles. The predicted octanol–water partition coefficient (Wildman–Crippen LogP) is 1.61. The molecule has 0 aromatic rings. The second-order valence-electron chi connectivity index (χ2n) is 3.24. The molecule has 1 atom stereocenters. The molecule has 0 saturated carbocycles. The standard InChI is InChI=1S/C9H21BrN2/c1-9(8-11-2)4-7-12-6-3-5-10/h9,11-12H,3-8H2,1-2H3. The average Bonchev–Trinajstić information content (AvgIpc) is 2.05. The minimum absolute atomic E-state index is 0.784. The van der Waals surface area contributed by atoms with Crippen LogP contribution in [0.15, 0.2) is 0 Å². The molecule has 0 amide bonds. The first-order valence-electron chi connectivity index (χ1n) is 4.72. The Morgan fingerprint density at radius 3 is 2.67 bits per heavy atom. The first-order chi connectivity index (χ1) is 5.81. The number of halogens is 1. The fourth-order valence-electron chi connectivity index (χ4n) is 1.12. The average molecular weight is 237 g/mol. The molecule has 0 heterocycles. The highest BCUT2D eigenvalue weighted by Crippen LogP contribution is 1.97. The van der Waals surface area contributed by atoms with Gasteiger partial charge in [-0.25, -0.2) is 0 Å². The highest BCUT2D eigenvalue weighted by atomic mass is 79.9. The third-order valence-corrected chi connectivity index (χ3v) is 2.41. The lowest BCUT2D eigenvalue weighted by Crippen LogP contribution is -2.23. The minimum Gasteiger partial charge on any atom is -0.319 e. The van der Waals surface area contributed by atoms with Gasteiger partial charge in [-0.1, -0.05) is 22.9 Å². The monoisotopic (exact) mass is 236 g/mol. The molecule has 0 radical (unpaired) electrons. The molecule has 3 heteroatoms. The van der Waals surface area contributed by atoms with Crippen LogP contribution < -0.4 is 10.6 Å². The van der Waals surface area contributed by atoms with Crippen molar-refractivity contribution < 1.29 is 0 Å². The summed E-state index contributed by atoms with van der Waals surface area (Å²) in [7, 11) is 2.01. The molecular formula is C9H21BrN2. The molecule has 2 N–H and O–H groups in total. The summed E-state index contributed by atoms with van der Waals surface area (Å²) in [5, 5.41) is 7.71. The number of alkyl halides is 1. The molecular weight excluding hydrogens is 216 g/mol.